The number of hydrogen-bond donors (Lipinski definition) is 1. The van der Waals surface area contributed by atoms with Gasteiger partial charge in [-0.3, -0.25) is 4.79 Å². The van der Waals surface area contributed by atoms with Crippen molar-refractivity contribution in [2.75, 3.05) is 19.3 Å². The second-order valence-corrected chi connectivity index (χ2v) is 9.69. The summed E-state index contributed by atoms with van der Waals surface area (Å²) in [6, 6.07) is 9.16. The minimum Gasteiger partial charge on any atom is -0.338 e. The molecule has 1 aliphatic carbocycles. The van der Waals surface area contributed by atoms with Gasteiger partial charge in [-0.25, -0.2) is 26.3 Å². The Morgan fingerprint density at radius 1 is 1.17 bits per heavy atom. The van der Waals surface area contributed by atoms with Gasteiger partial charge in [0, 0.05) is 25.6 Å². The molecule has 0 radical (unpaired) electrons. The van der Waals surface area contributed by atoms with Crippen molar-refractivity contribution >= 4 is 15.9 Å². The van der Waals surface area contributed by atoms with Crippen molar-refractivity contribution in [2.24, 2.45) is 5.92 Å². The molecule has 1 N–H and O–H groups in total. The number of likely N-dealkylation sites (tertiary alicyclic amines) is 1. The van der Waals surface area contributed by atoms with Crippen molar-refractivity contribution in [3.05, 3.63) is 59.7 Å². The lowest BCUT2D eigenvalue weighted by molar-refractivity contribution is -0.141. The van der Waals surface area contributed by atoms with E-state index in [4.69, 9.17) is 0 Å². The number of nitrogens with one attached hydrogen (secondary N) is 1. The van der Waals surface area contributed by atoms with Gasteiger partial charge in [0.25, 0.3) is 0 Å². The summed E-state index contributed by atoms with van der Waals surface area (Å²) in [5.74, 6) is -2.98. The van der Waals surface area contributed by atoms with E-state index < -0.39 is 39.2 Å². The molecule has 160 valence electrons. The Bertz CT molecular complexity index is 1090. The van der Waals surface area contributed by atoms with E-state index in [1.165, 1.54) is 23.1 Å². The second kappa shape index (κ2) is 7.39. The Morgan fingerprint density at radius 3 is 2.43 bits per heavy atom. The Labute approximate surface area is 172 Å². The van der Waals surface area contributed by atoms with E-state index in [9.17, 15) is 22.0 Å². The molecule has 0 bridgehead atoms. The fourth-order valence-electron chi connectivity index (χ4n) is 4.03. The zero-order chi connectivity index (χ0) is 21.7. The first kappa shape index (κ1) is 20.9. The molecule has 1 aliphatic heterocycles. The highest BCUT2D eigenvalue weighted by Gasteiger charge is 2.63. The van der Waals surface area contributed by atoms with Crippen LogP contribution in [0.3, 0.4) is 0 Å². The van der Waals surface area contributed by atoms with Gasteiger partial charge in [0.15, 0.2) is 0 Å². The van der Waals surface area contributed by atoms with Crippen LogP contribution in [0.25, 0.3) is 11.1 Å². The van der Waals surface area contributed by atoms with E-state index in [1.807, 2.05) is 0 Å². The van der Waals surface area contributed by atoms with Crippen molar-refractivity contribution in [3.63, 3.8) is 0 Å². The molecule has 3 atom stereocenters. The fourth-order valence-corrected chi connectivity index (χ4v) is 4.52. The highest BCUT2D eigenvalue weighted by atomic mass is 32.2. The molecule has 2 aliphatic rings. The van der Waals surface area contributed by atoms with Crippen LogP contribution in [0.5, 0.6) is 0 Å². The molecule has 1 saturated heterocycles. The molecule has 9 heteroatoms. The monoisotopic (exact) mass is 438 g/mol. The Kier molecular flexibility index (Phi) is 5.14. The summed E-state index contributed by atoms with van der Waals surface area (Å²) in [5.41, 5.74) is -2.17. The first-order chi connectivity index (χ1) is 14.1. The zero-order valence-electron chi connectivity index (χ0n) is 16.2. The van der Waals surface area contributed by atoms with Gasteiger partial charge in [-0.2, -0.15) is 0 Å². The number of benzene rings is 2. The van der Waals surface area contributed by atoms with Gasteiger partial charge in [-0.15, -0.1) is 0 Å². The first-order valence-electron chi connectivity index (χ1n) is 9.60. The van der Waals surface area contributed by atoms with Gasteiger partial charge in [-0.1, -0.05) is 30.3 Å². The number of nitrogens with zero attached hydrogens (tertiary/aromatic N) is 1. The van der Waals surface area contributed by atoms with E-state index in [1.54, 1.807) is 12.1 Å². The molecule has 2 fully saturated rings. The van der Waals surface area contributed by atoms with Gasteiger partial charge in [-0.05, 0) is 29.7 Å². The van der Waals surface area contributed by atoms with E-state index in [0.29, 0.717) is 13.0 Å². The third-order valence-electron chi connectivity index (χ3n) is 5.81. The summed E-state index contributed by atoms with van der Waals surface area (Å²) in [6.45, 7) is 0.499. The second-order valence-electron chi connectivity index (χ2n) is 7.86. The van der Waals surface area contributed by atoms with Gasteiger partial charge in [0.05, 0.1) is 17.7 Å². The van der Waals surface area contributed by atoms with Gasteiger partial charge in [0.2, 0.25) is 15.9 Å². The molecular formula is C21H21F3N2O3S. The minimum atomic E-state index is -3.39. The van der Waals surface area contributed by atoms with Gasteiger partial charge in [0.1, 0.15) is 17.3 Å². The molecule has 2 aromatic carbocycles. The van der Waals surface area contributed by atoms with Crippen LogP contribution in [-0.4, -0.2) is 44.6 Å². The summed E-state index contributed by atoms with van der Waals surface area (Å²) >= 11 is 0. The van der Waals surface area contributed by atoms with Gasteiger partial charge >= 0.3 is 0 Å². The number of hydrogen-bond acceptors (Lipinski definition) is 3. The summed E-state index contributed by atoms with van der Waals surface area (Å²) in [5, 5.41) is 0. The molecule has 1 heterocycles. The normalized spacial score (nSPS) is 25.7. The van der Waals surface area contributed by atoms with Crippen LogP contribution in [-0.2, 0) is 20.5 Å². The molecule has 1 amide bonds. The minimum absolute atomic E-state index is 0.0770. The quantitative estimate of drug-likeness (QED) is 0.754. The van der Waals surface area contributed by atoms with Crippen LogP contribution in [0, 0.1) is 17.6 Å². The first-order valence-corrected chi connectivity index (χ1v) is 11.5. The smallest absolute Gasteiger partial charge is 0.229 e. The summed E-state index contributed by atoms with van der Waals surface area (Å²) in [6.07, 6.45) is 1.57. The molecule has 30 heavy (non-hydrogen) atoms. The van der Waals surface area contributed by atoms with E-state index >= 15 is 4.39 Å². The van der Waals surface area contributed by atoms with Crippen LogP contribution in [0.1, 0.15) is 18.4 Å². The summed E-state index contributed by atoms with van der Waals surface area (Å²) in [7, 11) is -3.39. The van der Waals surface area contributed by atoms with Crippen molar-refractivity contribution in [1.29, 1.82) is 0 Å². The number of amides is 1. The van der Waals surface area contributed by atoms with E-state index in [2.05, 4.69) is 4.72 Å². The number of alkyl halides is 1. The number of carbonyl (C=O) groups is 1. The SMILES string of the molecule is CS(=O)(=O)NC[C@H]1CCN1C(=O)[C@@H]1C[C@@]1(F)c1ccccc1-c1c(F)cccc1F. The lowest BCUT2D eigenvalue weighted by Crippen LogP contribution is -2.56. The molecule has 5 nitrogen and oxygen atoms in total. The fraction of sp³-hybridized carbons (Fsp3) is 0.381. The molecular weight excluding hydrogens is 417 g/mol. The number of rotatable bonds is 6. The van der Waals surface area contributed by atoms with E-state index in [-0.39, 0.29) is 35.7 Å². The maximum Gasteiger partial charge on any atom is 0.229 e. The Balaban J connectivity index is 1.57. The lowest BCUT2D eigenvalue weighted by Gasteiger charge is -2.41. The predicted octanol–water partition coefficient (Wildman–Crippen LogP) is 2.97. The summed E-state index contributed by atoms with van der Waals surface area (Å²) < 4.78 is 69.3. The van der Waals surface area contributed by atoms with Crippen molar-refractivity contribution in [2.45, 2.75) is 24.6 Å². The Morgan fingerprint density at radius 2 is 1.83 bits per heavy atom. The number of halogens is 3. The number of sulfonamides is 1. The van der Waals surface area contributed by atoms with Crippen LogP contribution in [0.2, 0.25) is 0 Å². The van der Waals surface area contributed by atoms with Crippen LogP contribution >= 0.6 is 0 Å². The summed E-state index contributed by atoms with van der Waals surface area (Å²) in [4.78, 5) is 14.3. The third kappa shape index (κ3) is 3.72. The van der Waals surface area contributed by atoms with Gasteiger partial charge < -0.3 is 4.90 Å². The number of carbonyl (C=O) groups excluding carboxylic acids is 1. The average Bonchev–Trinajstić information content (AvgIpc) is 3.33. The lowest BCUT2D eigenvalue weighted by atomic mass is 9.93. The van der Waals surface area contributed by atoms with Crippen LogP contribution in [0.15, 0.2) is 42.5 Å². The van der Waals surface area contributed by atoms with Crippen LogP contribution in [0.4, 0.5) is 13.2 Å². The Hall–Kier alpha value is -2.39. The highest BCUT2D eigenvalue weighted by molar-refractivity contribution is 7.88. The molecule has 0 spiro atoms. The molecule has 4 rings (SSSR count). The molecule has 0 unspecified atom stereocenters. The maximum atomic E-state index is 15.8. The van der Waals surface area contributed by atoms with Crippen molar-refractivity contribution in [1.82, 2.24) is 9.62 Å². The standard InChI is InChI=1S/C21H21F3N2O3S/c1-30(28,29)25-12-13-9-10-26(13)20(27)16-11-21(16,24)15-6-3-2-5-14(15)19-17(22)7-4-8-18(19)23/h2-8,13,16,25H,9-12H2,1H3/t13-,16+,21-/m1/s1. The largest absolute Gasteiger partial charge is 0.338 e. The predicted molar refractivity (Wildman–Crippen MR) is 106 cm³/mol. The highest BCUT2D eigenvalue weighted by Crippen LogP contribution is 2.59. The third-order valence-corrected chi connectivity index (χ3v) is 6.50. The average molecular weight is 438 g/mol. The van der Waals surface area contributed by atoms with Crippen molar-refractivity contribution < 1.29 is 26.4 Å². The molecule has 2 aromatic rings. The molecule has 0 aromatic heterocycles. The molecule has 1 saturated carbocycles. The zero-order valence-corrected chi connectivity index (χ0v) is 17.1. The van der Waals surface area contributed by atoms with Crippen LogP contribution < -0.4 is 4.72 Å². The topological polar surface area (TPSA) is 66.5 Å². The maximum absolute atomic E-state index is 15.8. The van der Waals surface area contributed by atoms with E-state index in [0.717, 1.165) is 18.4 Å². The van der Waals surface area contributed by atoms with Crippen molar-refractivity contribution in [3.8, 4) is 11.1 Å².